The monoisotopic (exact) mass is 254 g/mol. The first-order chi connectivity index (χ1) is 7.96. The van der Waals surface area contributed by atoms with Crippen LogP contribution in [-0.4, -0.2) is 16.7 Å². The van der Waals surface area contributed by atoms with Gasteiger partial charge in [-0.3, -0.25) is 0 Å². The van der Waals surface area contributed by atoms with Crippen molar-refractivity contribution in [1.29, 1.82) is 0 Å². The number of rotatable bonds is 3. The van der Waals surface area contributed by atoms with Crippen LogP contribution >= 0.6 is 11.3 Å². The Morgan fingerprint density at radius 2 is 2.29 bits per heavy atom. The molecule has 0 saturated heterocycles. The maximum Gasteiger partial charge on any atom is 0.407 e. The van der Waals surface area contributed by atoms with Crippen molar-refractivity contribution in [3.63, 3.8) is 0 Å². The molecule has 0 aromatic carbocycles. The Morgan fingerprint density at radius 3 is 2.88 bits per heavy atom. The molecule has 0 aliphatic heterocycles. The zero-order chi connectivity index (χ0) is 12.5. The van der Waals surface area contributed by atoms with Crippen LogP contribution < -0.4 is 5.32 Å². The number of nitrogens with zero attached hydrogens (tertiary/aromatic N) is 1. The molecule has 0 radical (unpaired) electrons. The Morgan fingerprint density at radius 1 is 1.59 bits per heavy atom. The second-order valence-corrected chi connectivity index (χ2v) is 6.23. The van der Waals surface area contributed by atoms with E-state index in [1.807, 2.05) is 26.3 Å². The standard InChI is InChI=1S/C12H18N2O2S/c1-12(2,3)16-11(15)13-6-9-10(8-4-5-8)14-7-17-9/h7-8H,4-6H2,1-3H3,(H,13,15). The Labute approximate surface area is 105 Å². The summed E-state index contributed by atoms with van der Waals surface area (Å²) in [5.74, 6) is 0.622. The van der Waals surface area contributed by atoms with Gasteiger partial charge in [0.25, 0.3) is 0 Å². The van der Waals surface area contributed by atoms with Crippen LogP contribution in [0.15, 0.2) is 5.51 Å². The van der Waals surface area contributed by atoms with Crippen LogP contribution in [0.4, 0.5) is 4.79 Å². The largest absolute Gasteiger partial charge is 0.444 e. The molecule has 0 unspecified atom stereocenters. The van der Waals surface area contributed by atoms with Crippen LogP contribution in [0.5, 0.6) is 0 Å². The van der Waals surface area contributed by atoms with Crippen molar-refractivity contribution in [2.75, 3.05) is 0 Å². The molecular weight excluding hydrogens is 236 g/mol. The molecule has 1 heterocycles. The topological polar surface area (TPSA) is 51.2 Å². The van der Waals surface area contributed by atoms with Crippen LogP contribution in [0.25, 0.3) is 0 Å². The van der Waals surface area contributed by atoms with Gasteiger partial charge in [-0.05, 0) is 33.6 Å². The van der Waals surface area contributed by atoms with E-state index in [2.05, 4.69) is 10.3 Å². The highest BCUT2D eigenvalue weighted by atomic mass is 32.1. The third-order valence-electron chi connectivity index (χ3n) is 2.43. The van der Waals surface area contributed by atoms with E-state index in [0.717, 1.165) is 10.6 Å². The van der Waals surface area contributed by atoms with Crippen molar-refractivity contribution >= 4 is 17.4 Å². The third-order valence-corrected chi connectivity index (χ3v) is 3.28. The molecule has 1 saturated carbocycles. The normalized spacial score (nSPS) is 15.7. The number of carbonyl (C=O) groups excluding carboxylic acids is 1. The first-order valence-corrected chi connectivity index (χ1v) is 6.73. The molecule has 0 spiro atoms. The fourth-order valence-electron chi connectivity index (χ4n) is 1.57. The molecule has 4 nitrogen and oxygen atoms in total. The fourth-order valence-corrected chi connectivity index (χ4v) is 2.36. The van der Waals surface area contributed by atoms with Gasteiger partial charge in [0.1, 0.15) is 5.60 Å². The van der Waals surface area contributed by atoms with Gasteiger partial charge in [-0.15, -0.1) is 11.3 Å². The van der Waals surface area contributed by atoms with Crippen LogP contribution in [-0.2, 0) is 11.3 Å². The van der Waals surface area contributed by atoms with E-state index in [1.165, 1.54) is 12.8 Å². The van der Waals surface area contributed by atoms with Crippen LogP contribution in [0.3, 0.4) is 0 Å². The molecule has 5 heteroatoms. The number of carbonyl (C=O) groups is 1. The van der Waals surface area contributed by atoms with Gasteiger partial charge in [0.2, 0.25) is 0 Å². The van der Waals surface area contributed by atoms with Crippen molar-refractivity contribution in [3.05, 3.63) is 16.1 Å². The van der Waals surface area contributed by atoms with Crippen molar-refractivity contribution in [1.82, 2.24) is 10.3 Å². The molecule has 1 fully saturated rings. The highest BCUT2D eigenvalue weighted by Gasteiger charge is 2.28. The molecule has 1 N–H and O–H groups in total. The van der Waals surface area contributed by atoms with Crippen LogP contribution in [0.2, 0.25) is 0 Å². The number of nitrogens with one attached hydrogen (secondary N) is 1. The average molecular weight is 254 g/mol. The van der Waals surface area contributed by atoms with Gasteiger partial charge in [-0.1, -0.05) is 0 Å². The molecule has 1 aliphatic rings. The lowest BCUT2D eigenvalue weighted by Crippen LogP contribution is -2.32. The number of hydrogen-bond acceptors (Lipinski definition) is 4. The minimum absolute atomic E-state index is 0.368. The van der Waals surface area contributed by atoms with Crippen molar-refractivity contribution in [3.8, 4) is 0 Å². The molecule has 1 aliphatic carbocycles. The maximum absolute atomic E-state index is 11.5. The van der Waals surface area contributed by atoms with Crippen molar-refractivity contribution in [2.24, 2.45) is 0 Å². The molecule has 1 aromatic rings. The maximum atomic E-state index is 11.5. The first-order valence-electron chi connectivity index (χ1n) is 5.85. The summed E-state index contributed by atoms with van der Waals surface area (Å²) >= 11 is 1.60. The minimum Gasteiger partial charge on any atom is -0.444 e. The summed E-state index contributed by atoms with van der Waals surface area (Å²) in [6.07, 6.45) is 2.08. The summed E-state index contributed by atoms with van der Waals surface area (Å²) in [6, 6.07) is 0. The predicted molar refractivity (Wildman–Crippen MR) is 67.2 cm³/mol. The van der Waals surface area contributed by atoms with Gasteiger partial charge >= 0.3 is 6.09 Å². The van der Waals surface area contributed by atoms with E-state index in [9.17, 15) is 4.79 Å². The van der Waals surface area contributed by atoms with Gasteiger partial charge in [-0.2, -0.15) is 0 Å². The summed E-state index contributed by atoms with van der Waals surface area (Å²) < 4.78 is 5.19. The smallest absolute Gasteiger partial charge is 0.407 e. The first kappa shape index (κ1) is 12.4. The minimum atomic E-state index is -0.447. The van der Waals surface area contributed by atoms with Crippen LogP contribution in [0, 0.1) is 0 Å². The quantitative estimate of drug-likeness (QED) is 0.902. The molecule has 0 bridgehead atoms. The number of thiazole rings is 1. The fraction of sp³-hybridized carbons (Fsp3) is 0.667. The van der Waals surface area contributed by atoms with E-state index in [4.69, 9.17) is 4.74 Å². The zero-order valence-corrected chi connectivity index (χ0v) is 11.3. The molecule has 0 atom stereocenters. The number of amides is 1. The van der Waals surface area contributed by atoms with Gasteiger partial charge in [0.05, 0.1) is 17.7 Å². The molecule has 1 amide bonds. The Balaban J connectivity index is 1.85. The van der Waals surface area contributed by atoms with Gasteiger partial charge in [-0.25, -0.2) is 9.78 Å². The highest BCUT2D eigenvalue weighted by Crippen LogP contribution is 2.41. The van der Waals surface area contributed by atoms with Gasteiger partial charge in [0.15, 0.2) is 0 Å². The lowest BCUT2D eigenvalue weighted by atomic mass is 10.2. The molecular formula is C12H18N2O2S. The number of ether oxygens (including phenoxy) is 1. The lowest BCUT2D eigenvalue weighted by Gasteiger charge is -2.19. The molecule has 2 rings (SSSR count). The predicted octanol–water partition coefficient (Wildman–Crippen LogP) is 3.05. The summed E-state index contributed by atoms with van der Waals surface area (Å²) in [6.45, 7) is 6.09. The molecule has 1 aromatic heterocycles. The third kappa shape index (κ3) is 3.70. The van der Waals surface area contributed by atoms with E-state index in [1.54, 1.807) is 11.3 Å². The van der Waals surface area contributed by atoms with Gasteiger partial charge in [0, 0.05) is 10.8 Å². The van der Waals surface area contributed by atoms with E-state index in [0.29, 0.717) is 12.5 Å². The summed E-state index contributed by atoms with van der Waals surface area (Å²) in [5, 5.41) is 2.77. The Bertz CT molecular complexity index is 405. The number of aromatic nitrogens is 1. The summed E-state index contributed by atoms with van der Waals surface area (Å²) in [5.41, 5.74) is 2.56. The average Bonchev–Trinajstić information content (AvgIpc) is 2.92. The van der Waals surface area contributed by atoms with Crippen LogP contribution in [0.1, 0.15) is 50.1 Å². The number of alkyl carbamates (subject to hydrolysis) is 1. The second-order valence-electron chi connectivity index (χ2n) is 5.29. The summed E-state index contributed by atoms with van der Waals surface area (Å²) in [7, 11) is 0. The van der Waals surface area contributed by atoms with E-state index >= 15 is 0 Å². The zero-order valence-electron chi connectivity index (χ0n) is 10.4. The highest BCUT2D eigenvalue weighted by molar-refractivity contribution is 7.09. The SMILES string of the molecule is CC(C)(C)OC(=O)NCc1scnc1C1CC1. The molecule has 94 valence electrons. The summed E-state index contributed by atoms with van der Waals surface area (Å²) in [4.78, 5) is 17.0. The van der Waals surface area contributed by atoms with E-state index < -0.39 is 5.60 Å². The number of hydrogen-bond donors (Lipinski definition) is 1. The Hall–Kier alpha value is -1.10. The van der Waals surface area contributed by atoms with Gasteiger partial charge < -0.3 is 10.1 Å². The van der Waals surface area contributed by atoms with Crippen molar-refractivity contribution < 1.29 is 9.53 Å². The Kier molecular flexibility index (Phi) is 3.38. The lowest BCUT2D eigenvalue weighted by molar-refractivity contribution is 0.0524. The molecule has 17 heavy (non-hydrogen) atoms. The second kappa shape index (κ2) is 4.64. The van der Waals surface area contributed by atoms with Crippen molar-refractivity contribution in [2.45, 2.75) is 51.7 Å². The van der Waals surface area contributed by atoms with E-state index in [-0.39, 0.29) is 6.09 Å².